The Balaban J connectivity index is 1.09. The van der Waals surface area contributed by atoms with Gasteiger partial charge in [-0.05, 0) is 54.0 Å². The molecule has 5 aromatic rings. The van der Waals surface area contributed by atoms with Crippen LogP contribution in [0.2, 0.25) is 0 Å². The van der Waals surface area contributed by atoms with E-state index < -0.39 is 17.2 Å². The number of benzene rings is 2. The molecule has 4 heterocycles. The lowest BCUT2D eigenvalue weighted by Crippen LogP contribution is -2.27. The first-order chi connectivity index (χ1) is 21.4. The summed E-state index contributed by atoms with van der Waals surface area (Å²) < 4.78 is 28.0. The van der Waals surface area contributed by atoms with Crippen molar-refractivity contribution in [2.24, 2.45) is 0 Å². The Morgan fingerprint density at radius 2 is 1.86 bits per heavy atom. The molecule has 11 heteroatoms. The van der Waals surface area contributed by atoms with Crippen molar-refractivity contribution in [3.63, 3.8) is 0 Å². The van der Waals surface area contributed by atoms with Crippen LogP contribution in [0, 0.1) is 11.6 Å². The average Bonchev–Trinajstić information content (AvgIpc) is 3.62. The number of nitrogens with zero attached hydrogens (tertiary/aromatic N) is 4. The summed E-state index contributed by atoms with van der Waals surface area (Å²) in [5, 5.41) is 2.89. The van der Waals surface area contributed by atoms with Crippen molar-refractivity contribution in [1.82, 2.24) is 24.5 Å². The van der Waals surface area contributed by atoms with E-state index in [1.807, 2.05) is 42.5 Å². The van der Waals surface area contributed by atoms with Gasteiger partial charge in [-0.1, -0.05) is 30.4 Å². The third-order valence-corrected chi connectivity index (χ3v) is 7.04. The molecule has 0 fully saturated rings. The number of hydrogen-bond donors (Lipinski definition) is 2. The number of hydrogen-bond acceptors (Lipinski definition) is 6. The van der Waals surface area contributed by atoms with Gasteiger partial charge < -0.3 is 10.3 Å². The molecule has 0 saturated heterocycles. The smallest absolute Gasteiger partial charge is 0.264 e. The first-order valence-corrected chi connectivity index (χ1v) is 13.7. The monoisotopic (exact) mass is 590 g/mol. The maximum Gasteiger partial charge on any atom is 0.264 e. The van der Waals surface area contributed by atoms with Crippen LogP contribution in [-0.2, 0) is 11.3 Å². The number of rotatable bonds is 9. The van der Waals surface area contributed by atoms with E-state index in [9.17, 15) is 23.2 Å². The molecular formula is C33H24F2N6O3. The second-order valence-corrected chi connectivity index (χ2v) is 10.1. The molecule has 0 aliphatic carbocycles. The van der Waals surface area contributed by atoms with E-state index in [0.717, 1.165) is 28.8 Å². The number of pyridine rings is 1. The molecule has 44 heavy (non-hydrogen) atoms. The van der Waals surface area contributed by atoms with E-state index in [1.54, 1.807) is 24.7 Å². The van der Waals surface area contributed by atoms with Gasteiger partial charge in [0.25, 0.3) is 11.5 Å². The fourth-order valence-corrected chi connectivity index (χ4v) is 4.83. The van der Waals surface area contributed by atoms with Crippen molar-refractivity contribution in [1.29, 1.82) is 0 Å². The number of imidazole rings is 1. The first-order valence-electron chi connectivity index (χ1n) is 13.7. The van der Waals surface area contributed by atoms with Gasteiger partial charge in [-0.2, -0.15) is 0 Å². The highest BCUT2D eigenvalue weighted by molar-refractivity contribution is 6.34. The minimum absolute atomic E-state index is 0.0514. The van der Waals surface area contributed by atoms with E-state index in [-0.39, 0.29) is 30.2 Å². The van der Waals surface area contributed by atoms with Gasteiger partial charge in [-0.25, -0.2) is 18.7 Å². The maximum atomic E-state index is 13.6. The zero-order valence-corrected chi connectivity index (χ0v) is 23.1. The Bertz CT molecular complexity index is 2010. The van der Waals surface area contributed by atoms with Crippen LogP contribution in [0.15, 0.2) is 90.5 Å². The number of Topliss-reactive ketones (excluding diaryl/α,β-unsaturated/α-hetero) is 1. The summed E-state index contributed by atoms with van der Waals surface area (Å²) in [6, 6.07) is 12.6. The second kappa shape index (κ2) is 12.2. The lowest BCUT2D eigenvalue weighted by molar-refractivity contribution is -0.110. The molecule has 6 rings (SSSR count). The van der Waals surface area contributed by atoms with Gasteiger partial charge in [-0.3, -0.25) is 23.9 Å². The minimum Gasteiger partial charge on any atom is -0.338 e. The summed E-state index contributed by atoms with van der Waals surface area (Å²) in [4.78, 5) is 54.0. The Morgan fingerprint density at radius 3 is 2.68 bits per heavy atom. The normalized spacial score (nSPS) is 13.4. The van der Waals surface area contributed by atoms with Crippen LogP contribution >= 0.6 is 0 Å². The first kappa shape index (κ1) is 28.3. The molecule has 218 valence electrons. The zero-order chi connectivity index (χ0) is 30.6. The number of H-pyrrole nitrogens is 1. The van der Waals surface area contributed by atoms with Gasteiger partial charge in [0.05, 0.1) is 30.3 Å². The van der Waals surface area contributed by atoms with Crippen molar-refractivity contribution in [2.75, 3.05) is 5.32 Å². The number of carbonyl (C=O) groups is 2. The van der Waals surface area contributed by atoms with Crippen molar-refractivity contribution in [3.05, 3.63) is 136 Å². The Kier molecular flexibility index (Phi) is 7.83. The Labute approximate surface area is 249 Å². The standard InChI is InChI=1S/C33H24F2N6O3/c34-27-10-8-21(12-28(27)35)18-41-19-37-17-26(33(41)44)30(42)6-2-1-4-20-7-9-24-25(32(43)40-29(24)13-20)14-23-16-38-31(39-23)22-5-3-11-36-15-22/h1,3-5,7-17,19H,2,6,18H2,(H,38,39)(H,40,43)/b4-1+,25-14-. The SMILES string of the molecule is O=C1Nc2cc(/C=C/CCC(=O)c3cncn(Cc4ccc(F)c(F)c4)c3=O)ccc2/C1=C/c1cnc(-c2cccnc2)[nH]1. The zero-order valence-electron chi connectivity index (χ0n) is 23.1. The Hall–Kier alpha value is -5.84. The van der Waals surface area contributed by atoms with Crippen molar-refractivity contribution < 1.29 is 18.4 Å². The molecule has 0 unspecified atom stereocenters. The Morgan fingerprint density at radius 1 is 0.977 bits per heavy atom. The second-order valence-electron chi connectivity index (χ2n) is 10.1. The van der Waals surface area contributed by atoms with Crippen LogP contribution < -0.4 is 10.9 Å². The molecule has 1 aliphatic heterocycles. The molecule has 2 N–H and O–H groups in total. The van der Waals surface area contributed by atoms with E-state index in [0.29, 0.717) is 34.8 Å². The van der Waals surface area contributed by atoms with Crippen molar-refractivity contribution in [3.8, 4) is 11.4 Å². The van der Waals surface area contributed by atoms with Gasteiger partial charge in [0.15, 0.2) is 17.4 Å². The summed E-state index contributed by atoms with van der Waals surface area (Å²) in [5.74, 6) is -1.96. The minimum atomic E-state index is -1.02. The lowest BCUT2D eigenvalue weighted by atomic mass is 10.0. The fraction of sp³-hybridized carbons (Fsp3) is 0.0909. The molecule has 9 nitrogen and oxygen atoms in total. The molecule has 1 aliphatic rings. The summed E-state index contributed by atoms with van der Waals surface area (Å²) in [5.41, 5.74) is 4.02. The number of anilines is 1. The number of allylic oxidation sites excluding steroid dienone is 1. The molecule has 0 radical (unpaired) electrons. The number of fused-ring (bicyclic) bond motifs is 1. The van der Waals surface area contributed by atoms with Crippen LogP contribution in [0.5, 0.6) is 0 Å². The van der Waals surface area contributed by atoms with Gasteiger partial charge >= 0.3 is 0 Å². The lowest BCUT2D eigenvalue weighted by Gasteiger charge is -2.07. The number of aromatic nitrogens is 5. The van der Waals surface area contributed by atoms with Crippen LogP contribution in [0.4, 0.5) is 14.5 Å². The van der Waals surface area contributed by atoms with Crippen LogP contribution in [0.25, 0.3) is 29.1 Å². The molecule has 0 bridgehead atoms. The van der Waals surface area contributed by atoms with Gasteiger partial charge in [0.2, 0.25) is 0 Å². The summed E-state index contributed by atoms with van der Waals surface area (Å²) in [6.07, 6.45) is 13.3. The van der Waals surface area contributed by atoms with Crippen LogP contribution in [0.1, 0.15) is 45.6 Å². The largest absolute Gasteiger partial charge is 0.338 e. The summed E-state index contributed by atoms with van der Waals surface area (Å²) >= 11 is 0. The molecule has 0 atom stereocenters. The third-order valence-electron chi connectivity index (χ3n) is 7.04. The topological polar surface area (TPSA) is 123 Å². The van der Waals surface area contributed by atoms with E-state index in [2.05, 4.69) is 25.3 Å². The highest BCUT2D eigenvalue weighted by Gasteiger charge is 2.24. The number of amides is 1. The molecule has 2 aromatic carbocycles. The highest BCUT2D eigenvalue weighted by Crippen LogP contribution is 2.34. The van der Waals surface area contributed by atoms with E-state index >= 15 is 0 Å². The van der Waals surface area contributed by atoms with Gasteiger partial charge in [0.1, 0.15) is 11.4 Å². The number of carbonyl (C=O) groups excluding carboxylic acids is 2. The molecule has 0 saturated carbocycles. The van der Waals surface area contributed by atoms with Gasteiger partial charge in [0, 0.05) is 41.8 Å². The average molecular weight is 591 g/mol. The number of ketones is 1. The molecule has 3 aromatic heterocycles. The van der Waals surface area contributed by atoms with E-state index in [4.69, 9.17) is 0 Å². The van der Waals surface area contributed by atoms with Crippen LogP contribution in [0.3, 0.4) is 0 Å². The number of aromatic amines is 1. The highest BCUT2D eigenvalue weighted by atomic mass is 19.2. The predicted octanol–water partition coefficient (Wildman–Crippen LogP) is 5.52. The van der Waals surface area contributed by atoms with E-state index in [1.165, 1.54) is 23.2 Å². The fourth-order valence-electron chi connectivity index (χ4n) is 4.83. The van der Waals surface area contributed by atoms with Crippen molar-refractivity contribution in [2.45, 2.75) is 19.4 Å². The predicted molar refractivity (Wildman–Crippen MR) is 161 cm³/mol. The number of nitrogens with one attached hydrogen (secondary N) is 2. The summed E-state index contributed by atoms with van der Waals surface area (Å²) in [6.45, 7) is -0.0514. The third kappa shape index (κ3) is 6.02. The van der Waals surface area contributed by atoms with Gasteiger partial charge in [-0.15, -0.1) is 0 Å². The quantitative estimate of drug-likeness (QED) is 0.172. The molecule has 1 amide bonds. The van der Waals surface area contributed by atoms with Crippen LogP contribution in [-0.4, -0.2) is 36.2 Å². The number of halogens is 2. The maximum absolute atomic E-state index is 13.6. The molecular weight excluding hydrogens is 566 g/mol. The molecule has 0 spiro atoms. The summed E-state index contributed by atoms with van der Waals surface area (Å²) in [7, 11) is 0. The van der Waals surface area contributed by atoms with Crippen molar-refractivity contribution >= 4 is 35.1 Å².